The lowest BCUT2D eigenvalue weighted by Crippen LogP contribution is -2.31. The number of aryl methyl sites for hydroxylation is 4. The number of nitrogens with one attached hydrogen (secondary N) is 1. The molecule has 0 aliphatic carbocycles. The molecule has 0 aliphatic heterocycles. The molecule has 0 saturated heterocycles. The van der Waals surface area contributed by atoms with E-state index in [0.717, 1.165) is 22.3 Å². The molecule has 0 aliphatic rings. The van der Waals surface area contributed by atoms with Crippen LogP contribution in [0.5, 0.6) is 0 Å². The average Bonchev–Trinajstić information content (AvgIpc) is 2.76. The predicted molar refractivity (Wildman–Crippen MR) is 125 cm³/mol. The molecule has 1 N–H and O–H groups in total. The van der Waals surface area contributed by atoms with Crippen LogP contribution in [0.1, 0.15) is 55.5 Å². The number of amides is 1. The fraction of sp³-hybridized carbons (Fsp3) is 0.222. The molecule has 1 amide bonds. The Balaban J connectivity index is 1.77. The Kier molecular flexibility index (Phi) is 6.89. The van der Waals surface area contributed by atoms with Gasteiger partial charge in [0.1, 0.15) is 0 Å². The molecule has 5 nitrogen and oxygen atoms in total. The minimum atomic E-state index is -1.04. The lowest BCUT2D eigenvalue weighted by atomic mass is 9.98. The maximum atomic E-state index is 13.0. The van der Waals surface area contributed by atoms with Crippen molar-refractivity contribution < 1.29 is 19.1 Å². The summed E-state index contributed by atoms with van der Waals surface area (Å²) in [4.78, 5) is 38.5. The van der Waals surface area contributed by atoms with Gasteiger partial charge in [0.2, 0.25) is 0 Å². The average molecular weight is 430 g/mol. The van der Waals surface area contributed by atoms with Crippen LogP contribution < -0.4 is 5.32 Å². The summed E-state index contributed by atoms with van der Waals surface area (Å²) in [5.41, 5.74) is 5.55. The number of ketones is 1. The Morgan fingerprint density at radius 1 is 0.781 bits per heavy atom. The second kappa shape index (κ2) is 9.60. The van der Waals surface area contributed by atoms with E-state index in [1.54, 1.807) is 30.3 Å². The largest absolute Gasteiger partial charge is 0.449 e. The third-order valence-electron chi connectivity index (χ3n) is 5.28. The maximum Gasteiger partial charge on any atom is 0.339 e. The van der Waals surface area contributed by atoms with Gasteiger partial charge in [-0.1, -0.05) is 65.7 Å². The molecule has 0 heterocycles. The molecule has 0 spiro atoms. The lowest BCUT2D eigenvalue weighted by molar-refractivity contribution is -0.123. The molecule has 3 rings (SSSR count). The zero-order chi connectivity index (χ0) is 23.4. The van der Waals surface area contributed by atoms with E-state index in [1.807, 2.05) is 52.0 Å². The van der Waals surface area contributed by atoms with Crippen molar-refractivity contribution in [1.29, 1.82) is 0 Å². The highest BCUT2D eigenvalue weighted by Gasteiger charge is 2.24. The predicted octanol–water partition coefficient (Wildman–Crippen LogP) is 5.34. The number of carbonyl (C=O) groups excluding carboxylic acids is 3. The number of benzene rings is 3. The molecular weight excluding hydrogens is 402 g/mol. The second-order valence-electron chi connectivity index (χ2n) is 8.05. The van der Waals surface area contributed by atoms with E-state index in [2.05, 4.69) is 5.32 Å². The first-order valence-electron chi connectivity index (χ1n) is 10.5. The number of hydrogen-bond donors (Lipinski definition) is 1. The lowest BCUT2D eigenvalue weighted by Gasteiger charge is -2.17. The third kappa shape index (κ3) is 5.11. The summed E-state index contributed by atoms with van der Waals surface area (Å²) >= 11 is 0. The fourth-order valence-electron chi connectivity index (χ4n) is 3.60. The van der Waals surface area contributed by atoms with E-state index in [4.69, 9.17) is 4.74 Å². The van der Waals surface area contributed by atoms with Crippen molar-refractivity contribution in [2.75, 3.05) is 5.32 Å². The van der Waals surface area contributed by atoms with Gasteiger partial charge in [-0.2, -0.15) is 0 Å². The molecule has 3 aromatic rings. The molecule has 0 bridgehead atoms. The van der Waals surface area contributed by atoms with Gasteiger partial charge in [0.05, 0.1) is 5.56 Å². The van der Waals surface area contributed by atoms with Gasteiger partial charge in [-0.15, -0.1) is 0 Å². The van der Waals surface area contributed by atoms with Gasteiger partial charge >= 0.3 is 5.97 Å². The first kappa shape index (κ1) is 22.9. The van der Waals surface area contributed by atoms with Crippen molar-refractivity contribution >= 4 is 23.3 Å². The van der Waals surface area contributed by atoms with Gasteiger partial charge in [0.25, 0.3) is 5.91 Å². The monoisotopic (exact) mass is 429 g/mol. The summed E-state index contributed by atoms with van der Waals surface area (Å²) in [5, 5.41) is 2.85. The van der Waals surface area contributed by atoms with E-state index in [1.165, 1.54) is 13.0 Å². The van der Waals surface area contributed by atoms with Crippen LogP contribution in [0.3, 0.4) is 0 Å². The number of anilines is 1. The van der Waals surface area contributed by atoms with Gasteiger partial charge < -0.3 is 10.1 Å². The number of esters is 1. The summed E-state index contributed by atoms with van der Waals surface area (Å²) in [6.45, 7) is 9.27. The molecular formula is C27H27NO4. The number of carbonyl (C=O) groups is 3. The standard InChI is InChI=1S/C27H27NO4/c1-16-10-12-21(13-11-16)25(29)22-8-6-7-9-23(22)27(31)32-20(5)26(30)28-24-18(3)14-17(2)15-19(24)4/h6-15,20H,1-5H3,(H,28,30). The highest BCUT2D eigenvalue weighted by atomic mass is 16.5. The van der Waals surface area contributed by atoms with Crippen LogP contribution in [-0.2, 0) is 9.53 Å². The molecule has 1 atom stereocenters. The van der Waals surface area contributed by atoms with Crippen LogP contribution in [0.15, 0.2) is 60.7 Å². The van der Waals surface area contributed by atoms with E-state index < -0.39 is 18.0 Å². The van der Waals surface area contributed by atoms with E-state index in [0.29, 0.717) is 11.3 Å². The van der Waals surface area contributed by atoms with Crippen molar-refractivity contribution in [3.63, 3.8) is 0 Å². The zero-order valence-corrected chi connectivity index (χ0v) is 19.0. The van der Waals surface area contributed by atoms with Gasteiger partial charge in [-0.3, -0.25) is 9.59 Å². The minimum Gasteiger partial charge on any atom is -0.449 e. The highest BCUT2D eigenvalue weighted by molar-refractivity contribution is 6.14. The van der Waals surface area contributed by atoms with Crippen molar-refractivity contribution in [1.82, 2.24) is 0 Å². The van der Waals surface area contributed by atoms with Crippen LogP contribution in [0.4, 0.5) is 5.69 Å². The Labute approximate surface area is 188 Å². The first-order valence-corrected chi connectivity index (χ1v) is 10.5. The zero-order valence-electron chi connectivity index (χ0n) is 19.0. The van der Waals surface area contributed by atoms with Crippen molar-refractivity contribution in [2.24, 2.45) is 0 Å². The molecule has 0 radical (unpaired) electrons. The Hall–Kier alpha value is -3.73. The van der Waals surface area contributed by atoms with Crippen LogP contribution in [0, 0.1) is 27.7 Å². The summed E-state index contributed by atoms with van der Waals surface area (Å²) < 4.78 is 5.42. The smallest absolute Gasteiger partial charge is 0.339 e. The summed E-state index contributed by atoms with van der Waals surface area (Å²) in [6, 6.07) is 17.6. The van der Waals surface area contributed by atoms with E-state index in [-0.39, 0.29) is 16.9 Å². The van der Waals surface area contributed by atoms with Gasteiger partial charge in [0, 0.05) is 16.8 Å². The molecule has 3 aromatic carbocycles. The Morgan fingerprint density at radius 3 is 1.94 bits per heavy atom. The maximum absolute atomic E-state index is 13.0. The molecule has 0 saturated carbocycles. The van der Waals surface area contributed by atoms with Crippen LogP contribution in [-0.4, -0.2) is 23.8 Å². The Bertz CT molecular complexity index is 1160. The van der Waals surface area contributed by atoms with E-state index >= 15 is 0 Å². The summed E-state index contributed by atoms with van der Waals surface area (Å²) in [6.07, 6.45) is -1.04. The fourth-order valence-corrected chi connectivity index (χ4v) is 3.60. The van der Waals surface area contributed by atoms with Crippen LogP contribution in [0.2, 0.25) is 0 Å². The molecule has 1 unspecified atom stereocenters. The van der Waals surface area contributed by atoms with Gasteiger partial charge in [-0.05, 0) is 51.8 Å². The topological polar surface area (TPSA) is 72.5 Å². The Morgan fingerprint density at radius 2 is 1.34 bits per heavy atom. The first-order chi connectivity index (χ1) is 15.2. The molecule has 0 fully saturated rings. The van der Waals surface area contributed by atoms with E-state index in [9.17, 15) is 14.4 Å². The molecule has 5 heteroatoms. The molecule has 164 valence electrons. The molecule has 32 heavy (non-hydrogen) atoms. The number of ether oxygens (including phenoxy) is 1. The quantitative estimate of drug-likeness (QED) is 0.424. The summed E-state index contributed by atoms with van der Waals surface area (Å²) in [5.74, 6) is -1.43. The van der Waals surface area contributed by atoms with Crippen molar-refractivity contribution in [3.05, 3.63) is 99.6 Å². The van der Waals surface area contributed by atoms with Crippen molar-refractivity contribution in [2.45, 2.75) is 40.7 Å². The second-order valence-corrected chi connectivity index (χ2v) is 8.05. The highest BCUT2D eigenvalue weighted by Crippen LogP contribution is 2.23. The SMILES string of the molecule is Cc1ccc(C(=O)c2ccccc2C(=O)OC(C)C(=O)Nc2c(C)cc(C)cc2C)cc1. The van der Waals surface area contributed by atoms with Gasteiger partial charge in [-0.25, -0.2) is 4.79 Å². The van der Waals surface area contributed by atoms with Crippen LogP contribution in [0.25, 0.3) is 0 Å². The van der Waals surface area contributed by atoms with Gasteiger partial charge in [0.15, 0.2) is 11.9 Å². The molecule has 0 aromatic heterocycles. The summed E-state index contributed by atoms with van der Waals surface area (Å²) in [7, 11) is 0. The minimum absolute atomic E-state index is 0.125. The van der Waals surface area contributed by atoms with Crippen molar-refractivity contribution in [3.8, 4) is 0 Å². The third-order valence-corrected chi connectivity index (χ3v) is 5.28. The number of rotatable bonds is 6. The normalized spacial score (nSPS) is 11.5. The van der Waals surface area contributed by atoms with Crippen LogP contribution >= 0.6 is 0 Å². The number of hydrogen-bond acceptors (Lipinski definition) is 4.